The fourth-order valence-electron chi connectivity index (χ4n) is 4.05. The predicted molar refractivity (Wildman–Crippen MR) is 142 cm³/mol. The third-order valence-electron chi connectivity index (χ3n) is 5.96. The molecule has 0 amide bonds. The van der Waals surface area contributed by atoms with Gasteiger partial charge in [0.25, 0.3) is 5.69 Å². The minimum Gasteiger partial charge on any atom is -0.455 e. The first kappa shape index (κ1) is 23.5. The number of benzene rings is 3. The van der Waals surface area contributed by atoms with Crippen LogP contribution in [0.5, 0.6) is 0 Å². The summed E-state index contributed by atoms with van der Waals surface area (Å²) in [5.41, 5.74) is 5.18. The Morgan fingerprint density at radius 3 is 2.16 bits per heavy atom. The Morgan fingerprint density at radius 1 is 0.865 bits per heavy atom. The van der Waals surface area contributed by atoms with E-state index in [1.54, 1.807) is 30.3 Å². The number of nitro groups is 1. The summed E-state index contributed by atoms with van der Waals surface area (Å²) in [5.74, 6) is 1.40. The first-order valence-electron chi connectivity index (χ1n) is 11.5. The molecule has 0 saturated heterocycles. The van der Waals surface area contributed by atoms with Crippen LogP contribution in [-0.4, -0.2) is 11.1 Å². The number of nitriles is 1. The van der Waals surface area contributed by atoms with E-state index < -0.39 is 4.92 Å². The summed E-state index contributed by atoms with van der Waals surface area (Å²) in [6.45, 7) is 4.01. The molecule has 5 aromatic rings. The lowest BCUT2D eigenvalue weighted by Crippen LogP contribution is -1.90. The molecule has 0 aliphatic rings. The fourth-order valence-corrected chi connectivity index (χ4v) is 4.05. The van der Waals surface area contributed by atoms with Gasteiger partial charge in [0.15, 0.2) is 0 Å². The lowest BCUT2D eigenvalue weighted by Gasteiger charge is -2.05. The monoisotopic (exact) mass is 487 g/mol. The number of hydrogen-bond donors (Lipinski definition) is 0. The molecule has 0 unspecified atom stereocenters. The van der Waals surface area contributed by atoms with E-state index in [9.17, 15) is 15.4 Å². The topological polar surface area (TPSA) is 106 Å². The van der Waals surface area contributed by atoms with Crippen LogP contribution in [0.15, 0.2) is 98.8 Å². The summed E-state index contributed by atoms with van der Waals surface area (Å²) in [6.07, 6.45) is 1.44. The van der Waals surface area contributed by atoms with Gasteiger partial charge in [-0.05, 0) is 37.6 Å². The van der Waals surface area contributed by atoms with Crippen molar-refractivity contribution in [2.75, 3.05) is 0 Å². The second kappa shape index (κ2) is 9.80. The molecule has 7 nitrogen and oxygen atoms in total. The van der Waals surface area contributed by atoms with Crippen LogP contribution in [0.25, 0.3) is 33.8 Å². The Bertz CT molecular complexity index is 1670. The molecule has 0 N–H and O–H groups in total. The van der Waals surface area contributed by atoms with Crippen molar-refractivity contribution in [2.45, 2.75) is 13.8 Å². The van der Waals surface area contributed by atoms with E-state index >= 15 is 0 Å². The zero-order chi connectivity index (χ0) is 25.9. The minimum atomic E-state index is -0.452. The molecule has 7 heteroatoms. The molecule has 3 aromatic carbocycles. The molecule has 0 saturated carbocycles. The van der Waals surface area contributed by atoms with Gasteiger partial charge in [-0.15, -0.1) is 0 Å². The molecule has 0 spiro atoms. The summed E-state index contributed by atoms with van der Waals surface area (Å²) in [6, 6.07) is 27.7. The van der Waals surface area contributed by atoms with E-state index in [4.69, 9.17) is 8.83 Å². The Kier molecular flexibility index (Phi) is 6.23. The van der Waals surface area contributed by atoms with Crippen molar-refractivity contribution in [3.63, 3.8) is 0 Å². The molecule has 0 aliphatic carbocycles. The van der Waals surface area contributed by atoms with Gasteiger partial charge in [0.2, 0.25) is 5.88 Å². The van der Waals surface area contributed by atoms with Gasteiger partial charge in [0.1, 0.15) is 28.9 Å². The summed E-state index contributed by atoms with van der Waals surface area (Å²) in [4.78, 5) is 15.4. The quantitative estimate of drug-likeness (QED) is 0.137. The van der Waals surface area contributed by atoms with E-state index in [-0.39, 0.29) is 11.6 Å². The number of aryl methyl sites for hydroxylation is 2. The van der Waals surface area contributed by atoms with Crippen LogP contribution in [0.2, 0.25) is 0 Å². The highest BCUT2D eigenvalue weighted by Crippen LogP contribution is 2.42. The van der Waals surface area contributed by atoms with Crippen molar-refractivity contribution in [1.82, 2.24) is 0 Å². The molecule has 180 valence electrons. The van der Waals surface area contributed by atoms with Crippen molar-refractivity contribution < 1.29 is 13.8 Å². The molecule has 0 bridgehead atoms. The highest BCUT2D eigenvalue weighted by molar-refractivity contribution is 5.89. The maximum Gasteiger partial charge on any atom is 0.280 e. The Balaban J connectivity index is 1.57. The molecular formula is C30H21N3O4. The zero-order valence-corrected chi connectivity index (χ0v) is 20.1. The SMILES string of the molecule is Cc1ccc(-c2oc(N=Cc3ccc(-c4ccccc4[N+](=O)[O-])o3)c(C#N)c2-c2ccc(C)cc2)cc1. The third kappa shape index (κ3) is 4.68. The molecule has 0 atom stereocenters. The summed E-state index contributed by atoms with van der Waals surface area (Å²) in [5, 5.41) is 21.5. The van der Waals surface area contributed by atoms with E-state index in [1.165, 1.54) is 12.3 Å². The number of nitrogens with zero attached hydrogens (tertiary/aromatic N) is 3. The van der Waals surface area contributed by atoms with E-state index in [0.717, 1.165) is 22.3 Å². The Hall–Kier alpha value is -5.22. The maximum absolute atomic E-state index is 11.4. The van der Waals surface area contributed by atoms with Crippen LogP contribution in [0.3, 0.4) is 0 Å². The molecule has 2 aromatic heterocycles. The molecular weight excluding hydrogens is 466 g/mol. The summed E-state index contributed by atoms with van der Waals surface area (Å²) >= 11 is 0. The second-order valence-corrected chi connectivity index (χ2v) is 8.56. The number of nitro benzene ring substituents is 1. The van der Waals surface area contributed by atoms with Gasteiger partial charge in [0, 0.05) is 17.2 Å². The third-order valence-corrected chi connectivity index (χ3v) is 5.96. The lowest BCUT2D eigenvalue weighted by atomic mass is 9.97. The average Bonchev–Trinajstić information content (AvgIpc) is 3.53. The lowest BCUT2D eigenvalue weighted by molar-refractivity contribution is -0.384. The van der Waals surface area contributed by atoms with Crippen LogP contribution in [0.1, 0.15) is 22.5 Å². The maximum atomic E-state index is 11.4. The van der Waals surface area contributed by atoms with Crippen molar-refractivity contribution in [3.8, 4) is 39.8 Å². The molecule has 0 fully saturated rings. The number of hydrogen-bond acceptors (Lipinski definition) is 6. The standard InChI is InChI=1S/C30H21N3O4/c1-19-7-11-21(12-8-19)28-25(17-31)30(37-29(28)22-13-9-20(2)10-14-22)32-18-23-15-16-27(36-23)24-5-3-4-6-26(24)33(34)35/h3-16,18H,1-2H3. The average molecular weight is 488 g/mol. The highest BCUT2D eigenvalue weighted by atomic mass is 16.6. The number of aliphatic imine (C=N–C) groups is 1. The van der Waals surface area contributed by atoms with Gasteiger partial charge < -0.3 is 8.83 Å². The smallest absolute Gasteiger partial charge is 0.280 e. The highest BCUT2D eigenvalue weighted by Gasteiger charge is 2.23. The first-order chi connectivity index (χ1) is 17.9. The Morgan fingerprint density at radius 2 is 1.51 bits per heavy atom. The number of rotatable bonds is 6. The van der Waals surface area contributed by atoms with Gasteiger partial charge in [-0.1, -0.05) is 71.8 Å². The van der Waals surface area contributed by atoms with Crippen LogP contribution in [0.4, 0.5) is 11.6 Å². The van der Waals surface area contributed by atoms with Crippen molar-refractivity contribution in [3.05, 3.63) is 117 Å². The van der Waals surface area contributed by atoms with Crippen LogP contribution in [0, 0.1) is 35.3 Å². The predicted octanol–water partition coefficient (Wildman–Crippen LogP) is 8.02. The van der Waals surface area contributed by atoms with E-state index in [0.29, 0.717) is 34.0 Å². The molecule has 0 radical (unpaired) electrons. The van der Waals surface area contributed by atoms with Crippen molar-refractivity contribution >= 4 is 17.8 Å². The largest absolute Gasteiger partial charge is 0.455 e. The molecule has 0 aliphatic heterocycles. The number of para-hydroxylation sites is 1. The van der Waals surface area contributed by atoms with Gasteiger partial charge in [-0.2, -0.15) is 5.26 Å². The van der Waals surface area contributed by atoms with Gasteiger partial charge >= 0.3 is 0 Å². The second-order valence-electron chi connectivity index (χ2n) is 8.56. The van der Waals surface area contributed by atoms with Gasteiger partial charge in [-0.25, -0.2) is 4.99 Å². The molecule has 5 rings (SSSR count). The normalized spacial score (nSPS) is 11.1. The van der Waals surface area contributed by atoms with Crippen LogP contribution >= 0.6 is 0 Å². The van der Waals surface area contributed by atoms with Crippen molar-refractivity contribution in [2.24, 2.45) is 4.99 Å². The van der Waals surface area contributed by atoms with E-state index in [2.05, 4.69) is 11.1 Å². The minimum absolute atomic E-state index is 0.0522. The summed E-state index contributed by atoms with van der Waals surface area (Å²) in [7, 11) is 0. The number of furan rings is 2. The molecule has 2 heterocycles. The summed E-state index contributed by atoms with van der Waals surface area (Å²) < 4.78 is 12.0. The van der Waals surface area contributed by atoms with Crippen LogP contribution in [-0.2, 0) is 0 Å². The molecule has 37 heavy (non-hydrogen) atoms. The first-order valence-corrected chi connectivity index (χ1v) is 11.5. The van der Waals surface area contributed by atoms with Crippen LogP contribution < -0.4 is 0 Å². The van der Waals surface area contributed by atoms with E-state index in [1.807, 2.05) is 62.4 Å². The zero-order valence-electron chi connectivity index (χ0n) is 20.1. The van der Waals surface area contributed by atoms with Gasteiger partial charge in [-0.3, -0.25) is 10.1 Å². The van der Waals surface area contributed by atoms with Gasteiger partial charge in [0.05, 0.1) is 16.7 Å². The van der Waals surface area contributed by atoms with Crippen molar-refractivity contribution in [1.29, 1.82) is 5.26 Å². The Labute approximate surface area is 213 Å². The fraction of sp³-hybridized carbons (Fsp3) is 0.0667.